The number of fused-ring (bicyclic) bond motifs is 1. The van der Waals surface area contributed by atoms with E-state index in [1.165, 1.54) is 11.1 Å². The van der Waals surface area contributed by atoms with E-state index < -0.39 is 0 Å². The predicted molar refractivity (Wildman–Crippen MR) is 131 cm³/mol. The van der Waals surface area contributed by atoms with E-state index in [-0.39, 0.29) is 12.1 Å². The summed E-state index contributed by atoms with van der Waals surface area (Å²) in [5.74, 6) is 1.31. The molecule has 2 atom stereocenters. The summed E-state index contributed by atoms with van der Waals surface area (Å²) in [5, 5.41) is 4.97. The highest BCUT2D eigenvalue weighted by molar-refractivity contribution is 6.36. The van der Waals surface area contributed by atoms with Crippen molar-refractivity contribution >= 4 is 29.0 Å². The summed E-state index contributed by atoms with van der Waals surface area (Å²) < 4.78 is 6.12. The predicted octanol–water partition coefficient (Wildman–Crippen LogP) is 7.00. The molecule has 0 radical (unpaired) electrons. The van der Waals surface area contributed by atoms with Crippen LogP contribution < -0.4 is 5.32 Å². The highest BCUT2D eigenvalue weighted by atomic mass is 35.5. The first-order valence-electron chi connectivity index (χ1n) is 11.4. The Morgan fingerprint density at radius 3 is 2.59 bits per heavy atom. The largest absolute Gasteiger partial charge is 0.376 e. The van der Waals surface area contributed by atoms with Crippen molar-refractivity contribution in [2.45, 2.75) is 57.6 Å². The molecule has 2 aliphatic carbocycles. The summed E-state index contributed by atoms with van der Waals surface area (Å²) in [6.45, 7) is 4.84. The highest BCUT2D eigenvalue weighted by Crippen LogP contribution is 2.45. The van der Waals surface area contributed by atoms with Crippen molar-refractivity contribution in [1.29, 1.82) is 0 Å². The van der Waals surface area contributed by atoms with Crippen LogP contribution in [-0.4, -0.2) is 22.7 Å². The number of anilines is 1. The number of nitrogens with one attached hydrogen (secondary N) is 1. The third kappa shape index (κ3) is 4.12. The Bertz CT molecular complexity index is 1150. The van der Waals surface area contributed by atoms with Crippen molar-refractivity contribution in [3.63, 3.8) is 0 Å². The first-order chi connectivity index (χ1) is 15.6. The van der Waals surface area contributed by atoms with Gasteiger partial charge < -0.3 is 10.1 Å². The zero-order valence-corrected chi connectivity index (χ0v) is 19.9. The van der Waals surface area contributed by atoms with Gasteiger partial charge in [0.05, 0.1) is 34.3 Å². The summed E-state index contributed by atoms with van der Waals surface area (Å²) in [4.78, 5) is 10.2. The molecule has 0 saturated heterocycles. The lowest BCUT2D eigenvalue weighted by Crippen LogP contribution is -2.26. The summed E-state index contributed by atoms with van der Waals surface area (Å²) >= 11 is 12.7. The number of hydrogen-bond acceptors (Lipinski definition) is 4. The van der Waals surface area contributed by atoms with Crippen molar-refractivity contribution in [3.8, 4) is 11.3 Å². The van der Waals surface area contributed by atoms with Gasteiger partial charge in [0.1, 0.15) is 5.82 Å². The second-order valence-electron chi connectivity index (χ2n) is 8.52. The van der Waals surface area contributed by atoms with E-state index in [2.05, 4.69) is 43.4 Å². The van der Waals surface area contributed by atoms with Crippen molar-refractivity contribution in [3.05, 3.63) is 75.0 Å². The van der Waals surface area contributed by atoms with Crippen molar-refractivity contribution in [2.24, 2.45) is 0 Å². The van der Waals surface area contributed by atoms with Gasteiger partial charge in [-0.3, -0.25) is 0 Å². The lowest BCUT2D eigenvalue weighted by molar-refractivity contribution is 0.0573. The molecule has 1 saturated carbocycles. The minimum atomic E-state index is 0.0626. The third-order valence-electron chi connectivity index (χ3n) is 6.34. The topological polar surface area (TPSA) is 47.0 Å². The molecule has 5 rings (SSSR count). The van der Waals surface area contributed by atoms with Crippen molar-refractivity contribution in [1.82, 2.24) is 9.97 Å². The van der Waals surface area contributed by atoms with Crippen LogP contribution in [0.15, 0.2) is 42.5 Å². The number of ether oxygens (including phenoxy) is 1. The van der Waals surface area contributed by atoms with Crippen LogP contribution in [0.3, 0.4) is 0 Å². The number of aryl methyl sites for hydroxylation is 1. The molecular weight excluding hydrogens is 441 g/mol. The van der Waals surface area contributed by atoms with E-state index >= 15 is 0 Å². The quantitative estimate of drug-likeness (QED) is 0.405. The summed E-state index contributed by atoms with van der Waals surface area (Å²) in [5.41, 5.74) is 6.33. The molecule has 0 bridgehead atoms. The number of halogens is 2. The number of benzene rings is 2. The monoisotopic (exact) mass is 467 g/mol. The van der Waals surface area contributed by atoms with Crippen LogP contribution in [0.1, 0.15) is 61.2 Å². The summed E-state index contributed by atoms with van der Waals surface area (Å²) in [7, 11) is 0. The average Bonchev–Trinajstić information content (AvgIpc) is 3.57. The van der Waals surface area contributed by atoms with E-state index in [1.807, 2.05) is 12.1 Å². The molecule has 1 N–H and O–H groups in total. The third-order valence-corrected chi connectivity index (χ3v) is 6.88. The molecular formula is C26H27Cl2N3O. The highest BCUT2D eigenvalue weighted by Gasteiger charge is 2.36. The molecule has 3 aromatic rings. The summed E-state index contributed by atoms with van der Waals surface area (Å²) in [6, 6.07) is 14.2. The molecule has 32 heavy (non-hydrogen) atoms. The van der Waals surface area contributed by atoms with Gasteiger partial charge in [-0.15, -0.1) is 0 Å². The molecule has 0 spiro atoms. The number of aromatic nitrogens is 2. The Hall–Kier alpha value is -2.14. The Morgan fingerprint density at radius 2 is 1.88 bits per heavy atom. The molecule has 166 valence electrons. The fraction of sp³-hybridized carbons (Fsp3) is 0.385. The average molecular weight is 468 g/mol. The minimum Gasteiger partial charge on any atom is -0.376 e. The van der Waals surface area contributed by atoms with Gasteiger partial charge in [0.25, 0.3) is 0 Å². The number of nitrogens with zero attached hydrogens (tertiary/aromatic N) is 2. The molecule has 1 aromatic heterocycles. The Morgan fingerprint density at radius 1 is 1.06 bits per heavy atom. The van der Waals surface area contributed by atoms with Crippen molar-refractivity contribution in [2.75, 3.05) is 11.9 Å². The smallest absolute Gasteiger partial charge is 0.148 e. The van der Waals surface area contributed by atoms with Crippen LogP contribution in [0, 0.1) is 0 Å². The van der Waals surface area contributed by atoms with Crippen LogP contribution in [0.25, 0.3) is 11.3 Å². The van der Waals surface area contributed by atoms with Gasteiger partial charge in [-0.2, -0.15) is 0 Å². The lowest BCUT2D eigenvalue weighted by Gasteiger charge is -2.24. The molecule has 0 aliphatic heterocycles. The lowest BCUT2D eigenvalue weighted by atomic mass is 10.1. The van der Waals surface area contributed by atoms with Crippen molar-refractivity contribution < 1.29 is 4.74 Å². The molecule has 1 heterocycles. The standard InChI is InChI=1S/C26H27Cl2N3O/c1-3-21-24(19-12-11-17(27)14-20(19)28)30-23(15-9-10-15)26(29-21)31-25-18-8-6-5-7-16(18)13-22(25)32-4-2/h5-8,11-12,14-15,22,25H,3-4,9-10,13H2,1-2H3,(H,29,31)/t22-,25?/m0/s1. The van der Waals surface area contributed by atoms with Gasteiger partial charge in [-0.25, -0.2) is 9.97 Å². The maximum atomic E-state index is 6.54. The molecule has 4 nitrogen and oxygen atoms in total. The Kier molecular flexibility index (Phi) is 6.11. The van der Waals surface area contributed by atoms with E-state index in [0.717, 1.165) is 54.1 Å². The van der Waals surface area contributed by atoms with Crippen LogP contribution >= 0.6 is 23.2 Å². The molecule has 6 heteroatoms. The zero-order valence-electron chi connectivity index (χ0n) is 18.4. The first kappa shape index (κ1) is 21.7. The first-order valence-corrected chi connectivity index (χ1v) is 12.2. The zero-order chi connectivity index (χ0) is 22.2. The van der Waals surface area contributed by atoms with Gasteiger partial charge in [-0.05, 0) is 55.5 Å². The maximum Gasteiger partial charge on any atom is 0.148 e. The second-order valence-corrected chi connectivity index (χ2v) is 9.37. The maximum absolute atomic E-state index is 6.54. The van der Waals surface area contributed by atoms with Gasteiger partial charge in [0.2, 0.25) is 0 Å². The SMILES string of the molecule is CCO[C@H]1Cc2ccccc2C1Nc1nc(CC)c(-c2ccc(Cl)cc2Cl)nc1C1CC1. The van der Waals surface area contributed by atoms with Crippen LogP contribution in [0.4, 0.5) is 5.82 Å². The Balaban J connectivity index is 1.57. The van der Waals surface area contributed by atoms with Crippen LogP contribution in [0.5, 0.6) is 0 Å². The fourth-order valence-electron chi connectivity index (χ4n) is 4.62. The molecule has 0 amide bonds. The van der Waals surface area contributed by atoms with Gasteiger partial charge >= 0.3 is 0 Å². The van der Waals surface area contributed by atoms with Gasteiger partial charge in [0, 0.05) is 29.5 Å². The fourth-order valence-corrected chi connectivity index (χ4v) is 5.12. The van der Waals surface area contributed by atoms with E-state index in [9.17, 15) is 0 Å². The van der Waals surface area contributed by atoms with Crippen LogP contribution in [0.2, 0.25) is 10.0 Å². The van der Waals surface area contributed by atoms with Crippen LogP contribution in [-0.2, 0) is 17.6 Å². The molecule has 2 aromatic carbocycles. The van der Waals surface area contributed by atoms with E-state index in [1.54, 1.807) is 6.07 Å². The Labute approximate surface area is 199 Å². The summed E-state index contributed by atoms with van der Waals surface area (Å²) in [6.07, 6.45) is 4.03. The molecule has 1 fully saturated rings. The number of rotatable bonds is 7. The molecule has 2 aliphatic rings. The van der Waals surface area contributed by atoms with Gasteiger partial charge in [0.15, 0.2) is 0 Å². The minimum absolute atomic E-state index is 0.0626. The molecule has 1 unspecified atom stereocenters. The normalized spacial score (nSPS) is 19.8. The van der Waals surface area contributed by atoms with E-state index in [0.29, 0.717) is 22.6 Å². The second kappa shape index (κ2) is 9.01. The van der Waals surface area contributed by atoms with Gasteiger partial charge in [-0.1, -0.05) is 54.4 Å². The van der Waals surface area contributed by atoms with E-state index in [4.69, 9.17) is 37.9 Å². The number of hydrogen-bond donors (Lipinski definition) is 1.